The van der Waals surface area contributed by atoms with Crippen molar-refractivity contribution < 1.29 is 4.79 Å². The third-order valence-corrected chi connectivity index (χ3v) is 4.15. The number of hydrogen-bond donors (Lipinski definition) is 2. The summed E-state index contributed by atoms with van der Waals surface area (Å²) in [5.74, 6) is -0.0141. The van der Waals surface area contributed by atoms with Crippen LogP contribution in [0.3, 0.4) is 0 Å². The molecule has 3 N–H and O–H groups in total. The molecule has 0 spiro atoms. The predicted molar refractivity (Wildman–Crippen MR) is 81.1 cm³/mol. The number of amides is 1. The van der Waals surface area contributed by atoms with Gasteiger partial charge in [-0.05, 0) is 31.9 Å². The highest BCUT2D eigenvalue weighted by Crippen LogP contribution is 2.24. The lowest BCUT2D eigenvalue weighted by Crippen LogP contribution is -2.46. The van der Waals surface area contributed by atoms with Gasteiger partial charge in [-0.2, -0.15) is 0 Å². The van der Waals surface area contributed by atoms with Gasteiger partial charge in [-0.25, -0.2) is 4.79 Å². The van der Waals surface area contributed by atoms with Gasteiger partial charge in [0.25, 0.3) is 0 Å². The molecule has 1 fully saturated rings. The molecule has 21 heavy (non-hydrogen) atoms. The summed E-state index contributed by atoms with van der Waals surface area (Å²) >= 11 is 0. The monoisotopic (exact) mass is 288 g/mol. The second-order valence-electron chi connectivity index (χ2n) is 5.66. The summed E-state index contributed by atoms with van der Waals surface area (Å²) in [7, 11) is 0. The molecule has 1 aliphatic rings. The molecule has 0 radical (unpaired) electrons. The van der Waals surface area contributed by atoms with Gasteiger partial charge in [0.15, 0.2) is 0 Å². The number of benzene rings is 1. The van der Waals surface area contributed by atoms with Gasteiger partial charge in [-0.1, -0.05) is 12.1 Å². The first kappa shape index (κ1) is 13.9. The smallest absolute Gasteiger partial charge is 0.326 e. The van der Waals surface area contributed by atoms with E-state index in [1.54, 1.807) is 11.8 Å². The normalized spacial score (nSPS) is 18.1. The molecule has 0 bridgehead atoms. The van der Waals surface area contributed by atoms with Crippen LogP contribution in [0.1, 0.15) is 25.8 Å². The largest absolute Gasteiger partial charge is 0.341 e. The average molecular weight is 288 g/mol. The minimum absolute atomic E-state index is 0.0141. The van der Waals surface area contributed by atoms with Crippen molar-refractivity contribution in [2.75, 3.05) is 13.1 Å². The van der Waals surface area contributed by atoms with E-state index in [1.165, 1.54) is 0 Å². The number of rotatable bonds is 2. The topological polar surface area (TPSA) is 84.1 Å². The maximum Gasteiger partial charge on any atom is 0.326 e. The van der Waals surface area contributed by atoms with Gasteiger partial charge in [0.1, 0.15) is 0 Å². The van der Waals surface area contributed by atoms with Crippen molar-refractivity contribution in [1.82, 2.24) is 14.5 Å². The summed E-state index contributed by atoms with van der Waals surface area (Å²) < 4.78 is 1.82. The number of para-hydroxylation sites is 2. The number of piperidine rings is 1. The zero-order valence-electron chi connectivity index (χ0n) is 12.1. The van der Waals surface area contributed by atoms with Gasteiger partial charge in [0, 0.05) is 19.1 Å². The van der Waals surface area contributed by atoms with E-state index in [-0.39, 0.29) is 17.6 Å². The quantitative estimate of drug-likeness (QED) is 0.859. The second kappa shape index (κ2) is 5.37. The summed E-state index contributed by atoms with van der Waals surface area (Å²) in [5, 5.41) is 0. The molecule has 2 heterocycles. The van der Waals surface area contributed by atoms with Crippen molar-refractivity contribution >= 4 is 16.9 Å². The van der Waals surface area contributed by atoms with Crippen molar-refractivity contribution in [1.29, 1.82) is 0 Å². The van der Waals surface area contributed by atoms with Crippen LogP contribution in [0.2, 0.25) is 0 Å². The molecule has 3 rings (SSSR count). The molecule has 0 unspecified atom stereocenters. The van der Waals surface area contributed by atoms with E-state index >= 15 is 0 Å². The number of carbonyl (C=O) groups excluding carboxylic acids is 1. The standard InChI is InChI=1S/C15H20N4O2/c1-10(16)14(20)18-8-6-11(7-9-18)19-13-5-3-2-4-12(13)17-15(19)21/h2-5,10-11H,6-9,16H2,1H3,(H,17,21)/t10-/m1/s1. The van der Waals surface area contributed by atoms with Crippen LogP contribution in [0.5, 0.6) is 0 Å². The van der Waals surface area contributed by atoms with Crippen molar-refractivity contribution in [3.8, 4) is 0 Å². The summed E-state index contributed by atoms with van der Waals surface area (Å²) in [6.07, 6.45) is 1.56. The van der Waals surface area contributed by atoms with E-state index in [4.69, 9.17) is 5.73 Å². The summed E-state index contributed by atoms with van der Waals surface area (Å²) in [6, 6.07) is 7.37. The molecule has 1 amide bonds. The lowest BCUT2D eigenvalue weighted by atomic mass is 10.0. The van der Waals surface area contributed by atoms with E-state index in [2.05, 4.69) is 4.98 Å². The molecule has 6 heteroatoms. The molecule has 2 aromatic rings. The number of aromatic nitrogens is 2. The SMILES string of the molecule is C[C@@H](N)C(=O)N1CCC(n2c(=O)[nH]c3ccccc32)CC1. The first-order valence-corrected chi connectivity index (χ1v) is 7.31. The lowest BCUT2D eigenvalue weighted by molar-refractivity contribution is -0.133. The van der Waals surface area contributed by atoms with Crippen LogP contribution in [0.15, 0.2) is 29.1 Å². The zero-order chi connectivity index (χ0) is 15.0. The summed E-state index contributed by atoms with van der Waals surface area (Å²) in [4.78, 5) is 28.7. The zero-order valence-corrected chi connectivity index (χ0v) is 12.1. The van der Waals surface area contributed by atoms with E-state index in [0.717, 1.165) is 23.9 Å². The van der Waals surface area contributed by atoms with Gasteiger partial charge in [0.05, 0.1) is 17.1 Å². The highest BCUT2D eigenvalue weighted by Gasteiger charge is 2.27. The van der Waals surface area contributed by atoms with Crippen LogP contribution in [0.25, 0.3) is 11.0 Å². The van der Waals surface area contributed by atoms with Crippen LogP contribution in [-0.2, 0) is 4.79 Å². The number of aromatic amines is 1. The number of nitrogens with zero attached hydrogens (tertiary/aromatic N) is 2. The fourth-order valence-electron chi connectivity index (χ4n) is 3.07. The molecule has 0 aliphatic carbocycles. The molecule has 0 saturated carbocycles. The maximum atomic E-state index is 12.2. The maximum absolute atomic E-state index is 12.2. The Kier molecular flexibility index (Phi) is 3.55. The van der Waals surface area contributed by atoms with Crippen molar-refractivity contribution in [2.24, 2.45) is 5.73 Å². The second-order valence-corrected chi connectivity index (χ2v) is 5.66. The minimum Gasteiger partial charge on any atom is -0.341 e. The van der Waals surface area contributed by atoms with Crippen molar-refractivity contribution in [3.63, 3.8) is 0 Å². The third kappa shape index (κ3) is 2.47. The highest BCUT2D eigenvalue weighted by molar-refractivity contribution is 5.81. The van der Waals surface area contributed by atoms with E-state index in [0.29, 0.717) is 13.1 Å². The Hall–Kier alpha value is -2.08. The van der Waals surface area contributed by atoms with Crippen LogP contribution in [0, 0.1) is 0 Å². The molecule has 1 saturated heterocycles. The van der Waals surface area contributed by atoms with Gasteiger partial charge >= 0.3 is 5.69 Å². The van der Waals surface area contributed by atoms with E-state index < -0.39 is 6.04 Å². The number of carbonyl (C=O) groups is 1. The van der Waals surface area contributed by atoms with E-state index in [9.17, 15) is 9.59 Å². The Bertz CT molecular complexity index is 708. The van der Waals surface area contributed by atoms with E-state index in [1.807, 2.05) is 28.8 Å². The number of hydrogen-bond acceptors (Lipinski definition) is 3. The fraction of sp³-hybridized carbons (Fsp3) is 0.467. The summed E-state index contributed by atoms with van der Waals surface area (Å²) in [5.41, 5.74) is 7.36. The third-order valence-electron chi connectivity index (χ3n) is 4.15. The highest BCUT2D eigenvalue weighted by atomic mass is 16.2. The minimum atomic E-state index is -0.461. The van der Waals surface area contributed by atoms with Gasteiger partial charge < -0.3 is 15.6 Å². The molecule has 1 aromatic heterocycles. The number of nitrogens with one attached hydrogen (secondary N) is 1. The molecule has 1 aliphatic heterocycles. The van der Waals surface area contributed by atoms with Gasteiger partial charge in [0.2, 0.25) is 5.91 Å². The Balaban J connectivity index is 1.82. The molecular weight excluding hydrogens is 268 g/mol. The van der Waals surface area contributed by atoms with Crippen molar-refractivity contribution in [3.05, 3.63) is 34.7 Å². The first-order chi connectivity index (χ1) is 10.1. The number of nitrogens with two attached hydrogens (primary N) is 1. The number of likely N-dealkylation sites (tertiary alicyclic amines) is 1. The number of H-pyrrole nitrogens is 1. The van der Waals surface area contributed by atoms with Crippen LogP contribution in [0.4, 0.5) is 0 Å². The molecule has 112 valence electrons. The Morgan fingerprint density at radius 1 is 1.33 bits per heavy atom. The average Bonchev–Trinajstić information content (AvgIpc) is 2.82. The van der Waals surface area contributed by atoms with Crippen LogP contribution < -0.4 is 11.4 Å². The van der Waals surface area contributed by atoms with Crippen molar-refractivity contribution in [2.45, 2.75) is 31.8 Å². The Labute approximate surface area is 122 Å². The molecule has 6 nitrogen and oxygen atoms in total. The predicted octanol–water partition coefficient (Wildman–Crippen LogP) is 0.840. The molecule has 1 atom stereocenters. The summed E-state index contributed by atoms with van der Waals surface area (Å²) in [6.45, 7) is 3.01. The molecular formula is C15H20N4O2. The number of fused-ring (bicyclic) bond motifs is 1. The first-order valence-electron chi connectivity index (χ1n) is 7.31. The van der Waals surface area contributed by atoms with Crippen LogP contribution >= 0.6 is 0 Å². The van der Waals surface area contributed by atoms with Gasteiger partial charge in [-0.3, -0.25) is 9.36 Å². The van der Waals surface area contributed by atoms with Crippen LogP contribution in [-0.4, -0.2) is 39.5 Å². The molecule has 1 aromatic carbocycles. The number of imidazole rings is 1. The van der Waals surface area contributed by atoms with Gasteiger partial charge in [-0.15, -0.1) is 0 Å². The Morgan fingerprint density at radius 2 is 2.00 bits per heavy atom. The Morgan fingerprint density at radius 3 is 2.67 bits per heavy atom. The fourth-order valence-corrected chi connectivity index (χ4v) is 3.07. The lowest BCUT2D eigenvalue weighted by Gasteiger charge is -2.33.